The van der Waals surface area contributed by atoms with Crippen molar-refractivity contribution in [1.29, 1.82) is 0 Å². The molecule has 0 bridgehead atoms. The SMILES string of the molecule is O=C(COC(=O)c1ccc(F)c(S(=O)(=O)N2CCOCC2)c1)N[C@H]1CCS(=O)(=O)C1. The summed E-state index contributed by atoms with van der Waals surface area (Å²) in [5, 5.41) is 2.46. The van der Waals surface area contributed by atoms with Crippen molar-refractivity contribution < 1.29 is 40.3 Å². The lowest BCUT2D eigenvalue weighted by Crippen LogP contribution is -2.41. The molecule has 0 saturated carbocycles. The Morgan fingerprint density at radius 2 is 1.97 bits per heavy atom. The minimum Gasteiger partial charge on any atom is -0.452 e. The monoisotopic (exact) mass is 464 g/mol. The number of sulfone groups is 1. The van der Waals surface area contributed by atoms with Crippen LogP contribution in [0.15, 0.2) is 23.1 Å². The number of amides is 1. The van der Waals surface area contributed by atoms with Crippen molar-refractivity contribution in [3.63, 3.8) is 0 Å². The molecule has 3 rings (SSSR count). The van der Waals surface area contributed by atoms with Gasteiger partial charge in [0, 0.05) is 19.1 Å². The highest BCUT2D eigenvalue weighted by molar-refractivity contribution is 7.91. The third kappa shape index (κ3) is 5.33. The second-order valence-electron chi connectivity index (χ2n) is 6.91. The topological polar surface area (TPSA) is 136 Å². The van der Waals surface area contributed by atoms with Crippen molar-refractivity contribution in [2.75, 3.05) is 44.4 Å². The number of ether oxygens (including phenoxy) is 2. The van der Waals surface area contributed by atoms with E-state index in [4.69, 9.17) is 9.47 Å². The third-order valence-electron chi connectivity index (χ3n) is 4.69. The standard InChI is InChI=1S/C17H21FN2O8S2/c18-14-2-1-12(9-15(14)30(25,26)20-4-6-27-7-5-20)17(22)28-10-16(21)19-13-3-8-29(23,24)11-13/h1-2,9,13H,3-8,10-11H2,(H,19,21)/t13-/m0/s1. The number of esters is 1. The maximum atomic E-state index is 14.2. The summed E-state index contributed by atoms with van der Waals surface area (Å²) in [5.41, 5.74) is -0.237. The van der Waals surface area contributed by atoms with E-state index in [1.165, 1.54) is 0 Å². The van der Waals surface area contributed by atoms with Crippen LogP contribution in [0.4, 0.5) is 4.39 Å². The maximum Gasteiger partial charge on any atom is 0.338 e. The van der Waals surface area contributed by atoms with Gasteiger partial charge in [0.15, 0.2) is 16.4 Å². The molecule has 0 unspecified atom stereocenters. The van der Waals surface area contributed by atoms with E-state index < -0.39 is 55.1 Å². The molecule has 0 spiro atoms. The molecule has 2 fully saturated rings. The molecule has 2 aliphatic rings. The molecule has 1 atom stereocenters. The van der Waals surface area contributed by atoms with E-state index in [1.807, 2.05) is 0 Å². The molecule has 30 heavy (non-hydrogen) atoms. The molecular weight excluding hydrogens is 443 g/mol. The Balaban J connectivity index is 1.64. The van der Waals surface area contributed by atoms with Crippen molar-refractivity contribution in [3.8, 4) is 0 Å². The first-order valence-electron chi connectivity index (χ1n) is 9.13. The Hall–Kier alpha value is -2.09. The molecule has 1 aromatic rings. The van der Waals surface area contributed by atoms with Crippen LogP contribution in [-0.2, 0) is 34.1 Å². The molecule has 2 heterocycles. The van der Waals surface area contributed by atoms with Gasteiger partial charge in [-0.1, -0.05) is 0 Å². The zero-order chi connectivity index (χ0) is 21.9. The molecule has 1 N–H and O–H groups in total. The summed E-state index contributed by atoms with van der Waals surface area (Å²) < 4.78 is 73.3. The Morgan fingerprint density at radius 1 is 1.27 bits per heavy atom. The van der Waals surface area contributed by atoms with Gasteiger partial charge in [0.2, 0.25) is 10.0 Å². The largest absolute Gasteiger partial charge is 0.452 e. The van der Waals surface area contributed by atoms with E-state index in [9.17, 15) is 30.8 Å². The Bertz CT molecular complexity index is 1040. The number of carbonyl (C=O) groups is 2. The zero-order valence-corrected chi connectivity index (χ0v) is 17.5. The number of benzene rings is 1. The summed E-state index contributed by atoms with van der Waals surface area (Å²) in [4.78, 5) is 23.4. The van der Waals surface area contributed by atoms with Gasteiger partial charge in [-0.15, -0.1) is 0 Å². The van der Waals surface area contributed by atoms with Crippen LogP contribution in [-0.4, -0.2) is 83.5 Å². The minimum atomic E-state index is -4.17. The lowest BCUT2D eigenvalue weighted by Gasteiger charge is -2.26. The summed E-state index contributed by atoms with van der Waals surface area (Å²) in [5.74, 6) is -2.91. The average molecular weight is 464 g/mol. The quantitative estimate of drug-likeness (QED) is 0.546. The van der Waals surface area contributed by atoms with Crippen molar-refractivity contribution in [1.82, 2.24) is 9.62 Å². The molecule has 0 radical (unpaired) electrons. The number of hydrogen-bond acceptors (Lipinski definition) is 8. The number of nitrogens with zero attached hydrogens (tertiary/aromatic N) is 1. The van der Waals surface area contributed by atoms with E-state index in [0.717, 1.165) is 22.5 Å². The van der Waals surface area contributed by atoms with Gasteiger partial charge in [-0.3, -0.25) is 4.79 Å². The van der Waals surface area contributed by atoms with Gasteiger partial charge in [-0.2, -0.15) is 4.31 Å². The molecule has 1 aromatic carbocycles. The number of carbonyl (C=O) groups excluding carboxylic acids is 2. The van der Waals surface area contributed by atoms with Crippen molar-refractivity contribution >= 4 is 31.7 Å². The molecule has 10 nitrogen and oxygen atoms in total. The van der Waals surface area contributed by atoms with Crippen LogP contribution in [0, 0.1) is 5.82 Å². The van der Waals surface area contributed by atoms with Gasteiger partial charge in [-0.25, -0.2) is 26.0 Å². The highest BCUT2D eigenvalue weighted by Gasteiger charge is 2.31. The van der Waals surface area contributed by atoms with Gasteiger partial charge in [0.25, 0.3) is 5.91 Å². The first kappa shape index (κ1) is 22.6. The van der Waals surface area contributed by atoms with E-state index in [1.54, 1.807) is 0 Å². The number of nitrogens with one attached hydrogen (secondary N) is 1. The summed E-state index contributed by atoms with van der Waals surface area (Å²) in [7, 11) is -7.35. The number of morpholine rings is 1. The number of rotatable bonds is 6. The molecule has 13 heteroatoms. The second-order valence-corrected chi connectivity index (χ2v) is 11.0. The first-order chi connectivity index (χ1) is 14.1. The molecule has 166 valence electrons. The van der Waals surface area contributed by atoms with Crippen LogP contribution in [0.25, 0.3) is 0 Å². The fourth-order valence-corrected chi connectivity index (χ4v) is 6.32. The van der Waals surface area contributed by atoms with Gasteiger partial charge < -0.3 is 14.8 Å². The van der Waals surface area contributed by atoms with Crippen molar-refractivity contribution in [2.45, 2.75) is 17.4 Å². The van der Waals surface area contributed by atoms with E-state index in [0.29, 0.717) is 0 Å². The third-order valence-corrected chi connectivity index (χ3v) is 8.37. The van der Waals surface area contributed by atoms with Crippen LogP contribution >= 0.6 is 0 Å². The molecular formula is C17H21FN2O8S2. The highest BCUT2D eigenvalue weighted by atomic mass is 32.2. The summed E-state index contributed by atoms with van der Waals surface area (Å²) in [6.45, 7) is -0.195. The van der Waals surface area contributed by atoms with Crippen LogP contribution in [0.1, 0.15) is 16.8 Å². The van der Waals surface area contributed by atoms with Crippen LogP contribution in [0.5, 0.6) is 0 Å². The normalized spacial score (nSPS) is 21.8. The van der Waals surface area contributed by atoms with Gasteiger partial charge in [-0.05, 0) is 24.6 Å². The minimum absolute atomic E-state index is 0.0201. The predicted molar refractivity (Wildman–Crippen MR) is 101 cm³/mol. The maximum absolute atomic E-state index is 14.2. The average Bonchev–Trinajstić information content (AvgIpc) is 3.05. The Labute approximate surface area is 173 Å². The van der Waals surface area contributed by atoms with Crippen molar-refractivity contribution in [3.05, 3.63) is 29.6 Å². The molecule has 0 aliphatic carbocycles. The Kier molecular flexibility index (Phi) is 6.75. The fraction of sp³-hybridized carbons (Fsp3) is 0.529. The predicted octanol–water partition coefficient (Wildman–Crippen LogP) is -0.693. The zero-order valence-electron chi connectivity index (χ0n) is 15.9. The number of hydrogen-bond donors (Lipinski definition) is 1. The first-order valence-corrected chi connectivity index (χ1v) is 12.4. The van der Waals surface area contributed by atoms with Crippen molar-refractivity contribution in [2.24, 2.45) is 0 Å². The number of halogens is 1. The van der Waals surface area contributed by atoms with Gasteiger partial charge in [0.1, 0.15) is 10.7 Å². The van der Waals surface area contributed by atoms with E-state index in [-0.39, 0.29) is 49.8 Å². The van der Waals surface area contributed by atoms with Gasteiger partial charge >= 0.3 is 5.97 Å². The molecule has 2 aliphatic heterocycles. The van der Waals surface area contributed by atoms with Crippen LogP contribution < -0.4 is 5.32 Å². The molecule has 0 aromatic heterocycles. The van der Waals surface area contributed by atoms with Gasteiger partial charge in [0.05, 0.1) is 30.3 Å². The smallest absolute Gasteiger partial charge is 0.338 e. The molecule has 1 amide bonds. The van der Waals surface area contributed by atoms with Crippen LogP contribution in [0.3, 0.4) is 0 Å². The van der Waals surface area contributed by atoms with Crippen LogP contribution in [0.2, 0.25) is 0 Å². The summed E-state index contributed by atoms with van der Waals surface area (Å²) in [6.07, 6.45) is 0.280. The highest BCUT2D eigenvalue weighted by Crippen LogP contribution is 2.22. The lowest BCUT2D eigenvalue weighted by molar-refractivity contribution is -0.124. The fourth-order valence-electron chi connectivity index (χ4n) is 3.15. The summed E-state index contributed by atoms with van der Waals surface area (Å²) >= 11 is 0. The Morgan fingerprint density at radius 3 is 2.60 bits per heavy atom. The lowest BCUT2D eigenvalue weighted by atomic mass is 10.2. The number of sulfonamides is 1. The molecule has 2 saturated heterocycles. The summed E-state index contributed by atoms with van der Waals surface area (Å²) in [6, 6.07) is 2.21. The van der Waals surface area contributed by atoms with E-state index in [2.05, 4.69) is 5.32 Å². The van der Waals surface area contributed by atoms with E-state index >= 15 is 0 Å². The second kappa shape index (κ2) is 8.96.